The zero-order valence-corrected chi connectivity index (χ0v) is 11.0. The minimum Gasteiger partial charge on any atom is -0.380 e. The Morgan fingerprint density at radius 2 is 1.50 bits per heavy atom. The Kier molecular flexibility index (Phi) is 3.46. The molecule has 2 nitrogen and oxygen atoms in total. The van der Waals surface area contributed by atoms with E-state index in [9.17, 15) is 4.79 Å². The number of carbonyl (C=O) groups is 1. The summed E-state index contributed by atoms with van der Waals surface area (Å²) in [5.74, 6) is 0. The second-order valence-electron chi connectivity index (χ2n) is 4.74. The molecule has 0 amide bonds. The van der Waals surface area contributed by atoms with Crippen LogP contribution in [0.5, 0.6) is 0 Å². The van der Waals surface area contributed by atoms with Crippen LogP contribution >= 0.6 is 0 Å². The van der Waals surface area contributed by atoms with Gasteiger partial charge in [-0.15, -0.1) is 0 Å². The first kappa shape index (κ1) is 12.4. The van der Waals surface area contributed by atoms with E-state index in [0.29, 0.717) is 12.1 Å². The normalized spacial score (nSPS) is 10.4. The van der Waals surface area contributed by atoms with Crippen molar-refractivity contribution in [3.63, 3.8) is 0 Å². The van der Waals surface area contributed by atoms with Crippen LogP contribution in [0.2, 0.25) is 0 Å². The Bertz CT molecular complexity index is 735. The second-order valence-corrected chi connectivity index (χ2v) is 4.74. The van der Waals surface area contributed by atoms with E-state index in [0.717, 1.165) is 22.7 Å². The van der Waals surface area contributed by atoms with Crippen molar-refractivity contribution < 1.29 is 4.79 Å². The molecule has 1 N–H and O–H groups in total. The molecule has 0 aliphatic carbocycles. The molecule has 0 heterocycles. The summed E-state index contributed by atoms with van der Waals surface area (Å²) in [6.07, 6.45) is 0.903. The van der Waals surface area contributed by atoms with Crippen molar-refractivity contribution in [1.29, 1.82) is 0 Å². The summed E-state index contributed by atoms with van der Waals surface area (Å²) in [4.78, 5) is 11.2. The van der Waals surface area contributed by atoms with E-state index in [-0.39, 0.29) is 0 Å². The average Bonchev–Trinajstić information content (AvgIpc) is 2.53. The maximum absolute atomic E-state index is 11.2. The molecule has 0 unspecified atom stereocenters. The first-order chi connectivity index (χ1) is 9.86. The lowest BCUT2D eigenvalue weighted by Crippen LogP contribution is -2.02. The van der Waals surface area contributed by atoms with Crippen LogP contribution in [0.1, 0.15) is 15.9 Å². The van der Waals surface area contributed by atoms with Crippen LogP contribution in [0, 0.1) is 0 Å². The van der Waals surface area contributed by atoms with Gasteiger partial charge >= 0.3 is 0 Å². The molecule has 98 valence electrons. The van der Waals surface area contributed by atoms with Crippen LogP contribution < -0.4 is 5.32 Å². The first-order valence-corrected chi connectivity index (χ1v) is 6.62. The van der Waals surface area contributed by atoms with Gasteiger partial charge in [-0.1, -0.05) is 54.6 Å². The lowest BCUT2D eigenvalue weighted by Gasteiger charge is -2.10. The third-order valence-electron chi connectivity index (χ3n) is 3.37. The molecule has 0 saturated carbocycles. The fourth-order valence-electron chi connectivity index (χ4n) is 2.30. The van der Waals surface area contributed by atoms with Gasteiger partial charge in [-0.05, 0) is 28.5 Å². The van der Waals surface area contributed by atoms with Gasteiger partial charge in [0.1, 0.15) is 0 Å². The zero-order valence-electron chi connectivity index (χ0n) is 11.0. The van der Waals surface area contributed by atoms with Gasteiger partial charge in [0.2, 0.25) is 0 Å². The smallest absolute Gasteiger partial charge is 0.152 e. The van der Waals surface area contributed by atoms with Gasteiger partial charge in [0, 0.05) is 17.8 Å². The molecule has 0 fully saturated rings. The summed E-state index contributed by atoms with van der Waals surface area (Å²) >= 11 is 0. The lowest BCUT2D eigenvalue weighted by molar-refractivity contribution is 0.112. The number of hydrogen-bond acceptors (Lipinski definition) is 2. The predicted octanol–water partition coefficient (Wildman–Crippen LogP) is 4.26. The summed E-state index contributed by atoms with van der Waals surface area (Å²) in [6, 6.07) is 22.2. The maximum Gasteiger partial charge on any atom is 0.152 e. The molecule has 3 rings (SSSR count). The number of carbonyl (C=O) groups excluding carboxylic acids is 1. The third kappa shape index (κ3) is 2.54. The number of benzene rings is 3. The molecule has 0 spiro atoms. The van der Waals surface area contributed by atoms with Crippen LogP contribution in [0.25, 0.3) is 10.8 Å². The number of hydrogen-bond donors (Lipinski definition) is 1. The van der Waals surface area contributed by atoms with Crippen LogP contribution in [-0.4, -0.2) is 6.29 Å². The molecule has 0 bridgehead atoms. The summed E-state index contributed by atoms with van der Waals surface area (Å²) < 4.78 is 0. The number of rotatable bonds is 4. The van der Waals surface area contributed by atoms with Gasteiger partial charge in [-0.2, -0.15) is 0 Å². The zero-order chi connectivity index (χ0) is 13.8. The highest BCUT2D eigenvalue weighted by atomic mass is 16.1. The Balaban J connectivity index is 1.92. The third-order valence-corrected chi connectivity index (χ3v) is 3.37. The highest BCUT2D eigenvalue weighted by molar-refractivity contribution is 5.95. The van der Waals surface area contributed by atoms with Crippen molar-refractivity contribution in [2.45, 2.75) is 6.54 Å². The summed E-state index contributed by atoms with van der Waals surface area (Å²) in [6.45, 7) is 0.708. The summed E-state index contributed by atoms with van der Waals surface area (Å²) in [5, 5.41) is 5.56. The monoisotopic (exact) mass is 261 g/mol. The van der Waals surface area contributed by atoms with Crippen molar-refractivity contribution in [2.24, 2.45) is 0 Å². The Hall–Kier alpha value is -2.61. The molecular weight excluding hydrogens is 246 g/mol. The fourth-order valence-corrected chi connectivity index (χ4v) is 2.30. The van der Waals surface area contributed by atoms with Crippen LogP contribution in [0.4, 0.5) is 5.69 Å². The SMILES string of the molecule is O=Cc1cc2ccccc2cc1NCc1ccccc1. The van der Waals surface area contributed by atoms with E-state index in [2.05, 4.69) is 23.5 Å². The average molecular weight is 261 g/mol. The Morgan fingerprint density at radius 3 is 2.20 bits per heavy atom. The van der Waals surface area contributed by atoms with Gasteiger partial charge < -0.3 is 5.32 Å². The molecule has 3 aromatic rings. The Morgan fingerprint density at radius 1 is 0.850 bits per heavy atom. The Labute approximate surface area is 118 Å². The minimum atomic E-state index is 0.694. The fraction of sp³-hybridized carbons (Fsp3) is 0.0556. The van der Waals surface area contributed by atoms with Crippen LogP contribution in [-0.2, 0) is 6.54 Å². The summed E-state index contributed by atoms with van der Waals surface area (Å²) in [5.41, 5.74) is 2.76. The quantitative estimate of drug-likeness (QED) is 0.711. The van der Waals surface area contributed by atoms with Crippen molar-refractivity contribution >= 4 is 22.7 Å². The van der Waals surface area contributed by atoms with Gasteiger partial charge in [0.05, 0.1) is 0 Å². The van der Waals surface area contributed by atoms with Crippen molar-refractivity contribution in [2.75, 3.05) is 5.32 Å². The topological polar surface area (TPSA) is 29.1 Å². The number of nitrogens with one attached hydrogen (secondary N) is 1. The van der Waals surface area contributed by atoms with Gasteiger partial charge in [-0.25, -0.2) is 0 Å². The molecule has 0 aliphatic heterocycles. The molecule has 0 aromatic heterocycles. The number of aldehydes is 1. The van der Waals surface area contributed by atoms with Crippen molar-refractivity contribution in [3.05, 3.63) is 77.9 Å². The predicted molar refractivity (Wildman–Crippen MR) is 83.1 cm³/mol. The van der Waals surface area contributed by atoms with E-state index < -0.39 is 0 Å². The number of fused-ring (bicyclic) bond motifs is 1. The lowest BCUT2D eigenvalue weighted by atomic mass is 10.1. The highest BCUT2D eigenvalue weighted by Crippen LogP contribution is 2.23. The van der Waals surface area contributed by atoms with Gasteiger partial charge in [0.15, 0.2) is 6.29 Å². The van der Waals surface area contributed by atoms with E-state index in [1.165, 1.54) is 5.56 Å². The largest absolute Gasteiger partial charge is 0.380 e. The second kappa shape index (κ2) is 5.57. The van der Waals surface area contributed by atoms with Crippen LogP contribution in [0.15, 0.2) is 66.7 Å². The highest BCUT2D eigenvalue weighted by Gasteiger charge is 2.04. The standard InChI is InChI=1S/C18H15NO/c20-13-17-10-15-8-4-5-9-16(15)11-18(17)19-12-14-6-2-1-3-7-14/h1-11,13,19H,12H2. The van der Waals surface area contributed by atoms with Gasteiger partial charge in [0.25, 0.3) is 0 Å². The molecule has 20 heavy (non-hydrogen) atoms. The van der Waals surface area contributed by atoms with E-state index >= 15 is 0 Å². The number of anilines is 1. The van der Waals surface area contributed by atoms with Crippen molar-refractivity contribution in [3.8, 4) is 0 Å². The molecular formula is C18H15NO. The van der Waals surface area contributed by atoms with Crippen molar-refractivity contribution in [1.82, 2.24) is 0 Å². The first-order valence-electron chi connectivity index (χ1n) is 6.62. The minimum absolute atomic E-state index is 0.694. The molecule has 0 aliphatic rings. The molecule has 2 heteroatoms. The molecule has 3 aromatic carbocycles. The molecule has 0 atom stereocenters. The summed E-state index contributed by atoms with van der Waals surface area (Å²) in [7, 11) is 0. The van der Waals surface area contributed by atoms with Crippen LogP contribution in [0.3, 0.4) is 0 Å². The van der Waals surface area contributed by atoms with E-state index in [1.54, 1.807) is 0 Å². The van der Waals surface area contributed by atoms with Gasteiger partial charge in [-0.3, -0.25) is 4.79 Å². The van der Waals surface area contributed by atoms with E-state index in [4.69, 9.17) is 0 Å². The maximum atomic E-state index is 11.2. The molecule has 0 saturated heterocycles. The molecule has 0 radical (unpaired) electrons. The van der Waals surface area contributed by atoms with E-state index in [1.807, 2.05) is 48.5 Å².